The molecule has 33 heavy (non-hydrogen) atoms. The largest absolute Gasteiger partial charge is 0.493 e. The van der Waals surface area contributed by atoms with Gasteiger partial charge in [0.2, 0.25) is 10.0 Å². The van der Waals surface area contributed by atoms with Gasteiger partial charge in [-0.1, -0.05) is 0 Å². The van der Waals surface area contributed by atoms with E-state index in [2.05, 4.69) is 20.0 Å². The molecule has 0 atom stereocenters. The highest BCUT2D eigenvalue weighted by atomic mass is 35.5. The van der Waals surface area contributed by atoms with Crippen LogP contribution < -0.4 is 19.5 Å². The second-order valence-electron chi connectivity index (χ2n) is 6.69. The molecule has 0 saturated heterocycles. The molecule has 8 nitrogen and oxygen atoms in total. The molecule has 0 aliphatic carbocycles. The standard InChI is InChI=1S/C20H20ClF3N4O4S/c1-25-33(29,30)14-4-6-18(32-11-20(22,23)24)17(10-14)28-19-15-5-3-13(31-8-2-7-21)9-16(15)26-12-27-19/h3-6,9-10,12,25H,2,7-8,11H2,1H3,(H,26,27,28). The Morgan fingerprint density at radius 3 is 2.58 bits per heavy atom. The summed E-state index contributed by atoms with van der Waals surface area (Å²) in [6.45, 7) is -1.12. The van der Waals surface area contributed by atoms with Crippen LogP contribution in [0.4, 0.5) is 24.7 Å². The van der Waals surface area contributed by atoms with E-state index in [-0.39, 0.29) is 22.2 Å². The number of hydrogen-bond donors (Lipinski definition) is 2. The molecule has 0 amide bonds. The molecule has 13 heteroatoms. The van der Waals surface area contributed by atoms with E-state index in [1.165, 1.54) is 13.4 Å². The molecule has 0 fully saturated rings. The number of ether oxygens (including phenoxy) is 2. The van der Waals surface area contributed by atoms with E-state index in [9.17, 15) is 21.6 Å². The van der Waals surface area contributed by atoms with Gasteiger partial charge < -0.3 is 14.8 Å². The van der Waals surface area contributed by atoms with Crippen LogP contribution in [0.1, 0.15) is 6.42 Å². The Kier molecular flexibility index (Phi) is 7.82. The number of nitrogens with zero attached hydrogens (tertiary/aromatic N) is 2. The van der Waals surface area contributed by atoms with Crippen LogP contribution in [0.2, 0.25) is 0 Å². The maximum atomic E-state index is 12.7. The van der Waals surface area contributed by atoms with E-state index < -0.39 is 22.8 Å². The van der Waals surface area contributed by atoms with Gasteiger partial charge in [0, 0.05) is 17.3 Å². The molecule has 2 N–H and O–H groups in total. The van der Waals surface area contributed by atoms with Gasteiger partial charge in [-0.25, -0.2) is 23.1 Å². The van der Waals surface area contributed by atoms with Crippen molar-refractivity contribution in [1.82, 2.24) is 14.7 Å². The predicted octanol–water partition coefficient (Wildman–Crippen LogP) is 4.23. The molecule has 2 aromatic carbocycles. The number of halogens is 4. The summed E-state index contributed by atoms with van der Waals surface area (Å²) >= 11 is 5.65. The van der Waals surface area contributed by atoms with Gasteiger partial charge in [0.25, 0.3) is 0 Å². The fourth-order valence-corrected chi connectivity index (χ4v) is 3.64. The summed E-state index contributed by atoms with van der Waals surface area (Å²) in [6, 6.07) is 8.50. The molecule has 0 aliphatic rings. The molecule has 1 aromatic heterocycles. The van der Waals surface area contributed by atoms with Gasteiger partial charge in [0.05, 0.1) is 22.7 Å². The first-order valence-corrected chi connectivity index (χ1v) is 11.6. The fraction of sp³-hybridized carbons (Fsp3) is 0.300. The number of alkyl halides is 4. The number of fused-ring (bicyclic) bond motifs is 1. The summed E-state index contributed by atoms with van der Waals surface area (Å²) in [5.74, 6) is 1.07. The number of aromatic nitrogens is 2. The Morgan fingerprint density at radius 1 is 1.09 bits per heavy atom. The number of rotatable bonds is 10. The van der Waals surface area contributed by atoms with Crippen LogP contribution in [-0.4, -0.2) is 50.7 Å². The summed E-state index contributed by atoms with van der Waals surface area (Å²) in [4.78, 5) is 8.17. The van der Waals surface area contributed by atoms with Gasteiger partial charge in [-0.2, -0.15) is 13.2 Å². The Hall–Kier alpha value is -2.83. The van der Waals surface area contributed by atoms with Gasteiger partial charge in [0.1, 0.15) is 23.6 Å². The van der Waals surface area contributed by atoms with E-state index >= 15 is 0 Å². The fourth-order valence-electron chi connectivity index (χ4n) is 2.78. The van der Waals surface area contributed by atoms with Crippen LogP contribution in [0.3, 0.4) is 0 Å². The van der Waals surface area contributed by atoms with Gasteiger partial charge in [-0.05, 0) is 43.8 Å². The molecule has 1 heterocycles. The van der Waals surface area contributed by atoms with Crippen molar-refractivity contribution < 1.29 is 31.1 Å². The number of sulfonamides is 1. The zero-order valence-electron chi connectivity index (χ0n) is 17.3. The first-order valence-electron chi connectivity index (χ1n) is 9.60. The van der Waals surface area contributed by atoms with Crippen molar-refractivity contribution >= 4 is 44.0 Å². The van der Waals surface area contributed by atoms with Crippen molar-refractivity contribution in [2.45, 2.75) is 17.5 Å². The zero-order chi connectivity index (χ0) is 24.1. The third kappa shape index (κ3) is 6.59. The van der Waals surface area contributed by atoms with Gasteiger partial charge in [-0.3, -0.25) is 0 Å². The maximum absolute atomic E-state index is 12.7. The molecule has 0 radical (unpaired) electrons. The normalized spacial score (nSPS) is 12.0. The second kappa shape index (κ2) is 10.4. The minimum atomic E-state index is -4.57. The summed E-state index contributed by atoms with van der Waals surface area (Å²) < 4.78 is 75.1. The molecule has 3 rings (SSSR count). The smallest absolute Gasteiger partial charge is 0.422 e. The van der Waals surface area contributed by atoms with Crippen LogP contribution in [0.25, 0.3) is 10.9 Å². The Morgan fingerprint density at radius 2 is 1.88 bits per heavy atom. The summed E-state index contributed by atoms with van der Waals surface area (Å²) in [5.41, 5.74) is 0.491. The van der Waals surface area contributed by atoms with E-state index in [4.69, 9.17) is 21.1 Å². The van der Waals surface area contributed by atoms with Crippen molar-refractivity contribution in [3.8, 4) is 11.5 Å². The van der Waals surface area contributed by atoms with Crippen LogP contribution >= 0.6 is 11.6 Å². The lowest BCUT2D eigenvalue weighted by molar-refractivity contribution is -0.153. The van der Waals surface area contributed by atoms with Crippen LogP contribution in [0.5, 0.6) is 11.5 Å². The maximum Gasteiger partial charge on any atom is 0.422 e. The van der Waals surface area contributed by atoms with Crippen molar-refractivity contribution in [1.29, 1.82) is 0 Å². The molecule has 3 aromatic rings. The average molecular weight is 505 g/mol. The van der Waals surface area contributed by atoms with Crippen LogP contribution in [0, 0.1) is 0 Å². The van der Waals surface area contributed by atoms with Crippen molar-refractivity contribution in [2.75, 3.05) is 31.5 Å². The van der Waals surface area contributed by atoms with E-state index in [1.807, 2.05) is 0 Å². The molecular formula is C20H20ClF3N4O4S. The molecule has 0 saturated carbocycles. The highest BCUT2D eigenvalue weighted by molar-refractivity contribution is 7.89. The third-order valence-electron chi connectivity index (χ3n) is 4.33. The van der Waals surface area contributed by atoms with Crippen LogP contribution in [0.15, 0.2) is 47.6 Å². The molecule has 0 bridgehead atoms. The highest BCUT2D eigenvalue weighted by Crippen LogP contribution is 2.33. The first-order chi connectivity index (χ1) is 15.6. The second-order valence-corrected chi connectivity index (χ2v) is 8.95. The van der Waals surface area contributed by atoms with Gasteiger partial charge in [-0.15, -0.1) is 11.6 Å². The number of nitrogens with one attached hydrogen (secondary N) is 2. The van der Waals surface area contributed by atoms with E-state index in [0.29, 0.717) is 35.6 Å². The minimum Gasteiger partial charge on any atom is -0.493 e. The van der Waals surface area contributed by atoms with Crippen molar-refractivity contribution in [3.05, 3.63) is 42.7 Å². The zero-order valence-corrected chi connectivity index (χ0v) is 18.9. The van der Waals surface area contributed by atoms with Gasteiger partial charge >= 0.3 is 6.18 Å². The monoisotopic (exact) mass is 504 g/mol. The SMILES string of the molecule is CNS(=O)(=O)c1ccc(OCC(F)(F)F)c(Nc2ncnc3cc(OCCCCl)ccc23)c1. The average Bonchev–Trinajstić information content (AvgIpc) is 2.78. The number of benzene rings is 2. The first kappa shape index (κ1) is 24.8. The lowest BCUT2D eigenvalue weighted by atomic mass is 10.2. The molecule has 178 valence electrons. The Balaban J connectivity index is 1.98. The van der Waals surface area contributed by atoms with Crippen molar-refractivity contribution in [2.24, 2.45) is 0 Å². The highest BCUT2D eigenvalue weighted by Gasteiger charge is 2.29. The minimum absolute atomic E-state index is 0.0157. The Bertz CT molecular complexity index is 1230. The quantitative estimate of drug-likeness (QED) is 0.314. The van der Waals surface area contributed by atoms with E-state index in [0.717, 1.165) is 18.2 Å². The molecule has 0 aliphatic heterocycles. The molecular weight excluding hydrogens is 485 g/mol. The lowest BCUT2D eigenvalue weighted by Gasteiger charge is -2.16. The van der Waals surface area contributed by atoms with Crippen molar-refractivity contribution in [3.63, 3.8) is 0 Å². The molecule has 0 spiro atoms. The molecule has 0 unspecified atom stereocenters. The summed E-state index contributed by atoms with van der Waals surface area (Å²) in [5, 5.41) is 3.40. The number of anilines is 2. The van der Waals surface area contributed by atoms with Crippen LogP contribution in [-0.2, 0) is 10.0 Å². The van der Waals surface area contributed by atoms with E-state index in [1.54, 1.807) is 18.2 Å². The predicted molar refractivity (Wildman–Crippen MR) is 118 cm³/mol. The lowest BCUT2D eigenvalue weighted by Crippen LogP contribution is -2.20. The van der Waals surface area contributed by atoms with Gasteiger partial charge in [0.15, 0.2) is 6.61 Å². The topological polar surface area (TPSA) is 102 Å². The summed E-state index contributed by atoms with van der Waals surface area (Å²) in [6.07, 6.45) is -2.64. The summed E-state index contributed by atoms with van der Waals surface area (Å²) in [7, 11) is -2.64. The number of hydrogen-bond acceptors (Lipinski definition) is 7. The Labute approximate surface area is 193 Å². The third-order valence-corrected chi connectivity index (χ3v) is 6.01.